The molecule has 0 saturated carbocycles. The van der Waals surface area contributed by atoms with Gasteiger partial charge in [0.1, 0.15) is 0 Å². The number of methoxy groups -OCH3 is 1. The molecular formula is C17H28N4O2. The summed E-state index contributed by atoms with van der Waals surface area (Å²) in [5, 5.41) is 0. The van der Waals surface area contributed by atoms with E-state index in [1.165, 1.54) is 5.69 Å². The van der Waals surface area contributed by atoms with E-state index >= 15 is 0 Å². The van der Waals surface area contributed by atoms with Gasteiger partial charge >= 0.3 is 0 Å². The molecule has 128 valence electrons. The molecule has 0 aliphatic carbocycles. The first-order chi connectivity index (χ1) is 11.1. The molecule has 0 aromatic carbocycles. The molecule has 0 unspecified atom stereocenters. The molecule has 1 amide bonds. The number of imidazole rings is 1. The molecule has 1 spiro atoms. The first kappa shape index (κ1) is 16.5. The zero-order chi connectivity index (χ0) is 16.3. The fourth-order valence-electron chi connectivity index (χ4n) is 3.95. The number of carbonyl (C=O) groups excluding carboxylic acids is 1. The Bertz CT molecular complexity index is 544. The van der Waals surface area contributed by atoms with Crippen molar-refractivity contribution in [3.05, 3.63) is 18.2 Å². The van der Waals surface area contributed by atoms with Gasteiger partial charge in [-0.3, -0.25) is 9.69 Å². The third-order valence-electron chi connectivity index (χ3n) is 5.50. The van der Waals surface area contributed by atoms with Crippen molar-refractivity contribution >= 4 is 5.91 Å². The Morgan fingerprint density at radius 3 is 2.83 bits per heavy atom. The summed E-state index contributed by atoms with van der Waals surface area (Å²) in [5.41, 5.74) is 1.12. The van der Waals surface area contributed by atoms with Gasteiger partial charge in [-0.05, 0) is 38.8 Å². The summed E-state index contributed by atoms with van der Waals surface area (Å²) in [6, 6.07) is 0. The van der Waals surface area contributed by atoms with Crippen molar-refractivity contribution in [2.45, 2.75) is 32.2 Å². The fourth-order valence-corrected chi connectivity index (χ4v) is 3.95. The van der Waals surface area contributed by atoms with Crippen LogP contribution in [-0.4, -0.2) is 65.2 Å². The average molecular weight is 320 g/mol. The van der Waals surface area contributed by atoms with Crippen LogP contribution in [0.25, 0.3) is 0 Å². The normalized spacial score (nSPS) is 26.2. The van der Waals surface area contributed by atoms with Crippen molar-refractivity contribution in [2.24, 2.45) is 12.5 Å². The number of aromatic nitrogens is 2. The van der Waals surface area contributed by atoms with Gasteiger partial charge in [0.25, 0.3) is 0 Å². The lowest BCUT2D eigenvalue weighted by Crippen LogP contribution is -2.37. The molecule has 6 nitrogen and oxygen atoms in total. The van der Waals surface area contributed by atoms with E-state index < -0.39 is 0 Å². The molecule has 1 aromatic heterocycles. The number of hydrogen-bond donors (Lipinski definition) is 0. The monoisotopic (exact) mass is 320 g/mol. The zero-order valence-electron chi connectivity index (χ0n) is 14.3. The lowest BCUT2D eigenvalue weighted by Gasteiger charge is -2.26. The van der Waals surface area contributed by atoms with Gasteiger partial charge < -0.3 is 14.2 Å². The molecule has 6 heteroatoms. The number of rotatable bonds is 5. The summed E-state index contributed by atoms with van der Waals surface area (Å²) < 4.78 is 7.21. The summed E-state index contributed by atoms with van der Waals surface area (Å²) in [6.45, 7) is 5.25. The largest absolute Gasteiger partial charge is 0.383 e. The standard InChI is InChI=1S/C17H28N4O2/c1-19-14-18-12-15(19)13-20-7-3-4-17(5-8-20)6-9-21(16(17)22)10-11-23-2/h12,14H,3-11,13H2,1-2H3/t17-/m1/s1. The molecule has 1 atom stereocenters. The molecule has 23 heavy (non-hydrogen) atoms. The van der Waals surface area contributed by atoms with Gasteiger partial charge in [-0.2, -0.15) is 0 Å². The number of ether oxygens (including phenoxy) is 1. The molecule has 0 N–H and O–H groups in total. The third-order valence-corrected chi connectivity index (χ3v) is 5.50. The maximum absolute atomic E-state index is 12.9. The van der Waals surface area contributed by atoms with Crippen LogP contribution in [0.1, 0.15) is 31.4 Å². The molecule has 2 aliphatic heterocycles. The molecule has 0 radical (unpaired) electrons. The van der Waals surface area contributed by atoms with E-state index in [2.05, 4.69) is 14.5 Å². The predicted molar refractivity (Wildman–Crippen MR) is 87.8 cm³/mol. The fraction of sp³-hybridized carbons (Fsp3) is 0.765. The molecule has 3 rings (SSSR count). The van der Waals surface area contributed by atoms with Crippen molar-refractivity contribution in [3.8, 4) is 0 Å². The lowest BCUT2D eigenvalue weighted by molar-refractivity contribution is -0.137. The minimum atomic E-state index is -0.116. The van der Waals surface area contributed by atoms with Gasteiger partial charge in [-0.15, -0.1) is 0 Å². The number of amides is 1. The topological polar surface area (TPSA) is 50.6 Å². The summed E-state index contributed by atoms with van der Waals surface area (Å²) in [5.74, 6) is 0.358. The highest BCUT2D eigenvalue weighted by Crippen LogP contribution is 2.41. The second-order valence-electron chi connectivity index (χ2n) is 6.94. The van der Waals surface area contributed by atoms with Crippen molar-refractivity contribution in [1.82, 2.24) is 19.4 Å². The minimum absolute atomic E-state index is 0.116. The molecule has 2 saturated heterocycles. The average Bonchev–Trinajstić information content (AvgIpc) is 2.99. The summed E-state index contributed by atoms with van der Waals surface area (Å²) in [7, 11) is 3.73. The van der Waals surface area contributed by atoms with E-state index in [1.54, 1.807) is 7.11 Å². The van der Waals surface area contributed by atoms with E-state index in [1.807, 2.05) is 24.5 Å². The SMILES string of the molecule is COCCN1CC[C@]2(CCCN(Cc3cncn3C)CC2)C1=O. The van der Waals surface area contributed by atoms with E-state index in [4.69, 9.17) is 4.74 Å². The van der Waals surface area contributed by atoms with Crippen LogP contribution < -0.4 is 0 Å². The molecule has 3 heterocycles. The number of carbonyl (C=O) groups is 1. The first-order valence-electron chi connectivity index (χ1n) is 8.60. The number of nitrogens with zero attached hydrogens (tertiary/aromatic N) is 4. The van der Waals surface area contributed by atoms with Crippen molar-refractivity contribution < 1.29 is 9.53 Å². The zero-order valence-corrected chi connectivity index (χ0v) is 14.3. The smallest absolute Gasteiger partial charge is 0.228 e. The Balaban J connectivity index is 1.60. The Labute approximate surface area is 138 Å². The Kier molecular flexibility index (Phi) is 5.02. The van der Waals surface area contributed by atoms with E-state index in [9.17, 15) is 4.79 Å². The van der Waals surface area contributed by atoms with Crippen LogP contribution in [0.5, 0.6) is 0 Å². The predicted octanol–water partition coefficient (Wildman–Crippen LogP) is 1.27. The van der Waals surface area contributed by atoms with Crippen molar-refractivity contribution in [2.75, 3.05) is 39.9 Å². The third kappa shape index (κ3) is 3.43. The minimum Gasteiger partial charge on any atom is -0.383 e. The summed E-state index contributed by atoms with van der Waals surface area (Å²) >= 11 is 0. The Morgan fingerprint density at radius 2 is 2.09 bits per heavy atom. The highest BCUT2D eigenvalue weighted by molar-refractivity contribution is 5.84. The van der Waals surface area contributed by atoms with Gasteiger partial charge in [0.15, 0.2) is 0 Å². The molecular weight excluding hydrogens is 292 g/mol. The van der Waals surface area contributed by atoms with Crippen LogP contribution >= 0.6 is 0 Å². The Hall–Kier alpha value is -1.40. The van der Waals surface area contributed by atoms with Gasteiger partial charge in [0.2, 0.25) is 5.91 Å². The molecule has 2 fully saturated rings. The van der Waals surface area contributed by atoms with E-state index in [-0.39, 0.29) is 5.41 Å². The maximum Gasteiger partial charge on any atom is 0.228 e. The van der Waals surface area contributed by atoms with Crippen LogP contribution in [-0.2, 0) is 23.1 Å². The maximum atomic E-state index is 12.9. The van der Waals surface area contributed by atoms with Crippen LogP contribution in [0.3, 0.4) is 0 Å². The van der Waals surface area contributed by atoms with Gasteiger partial charge in [-0.1, -0.05) is 0 Å². The highest BCUT2D eigenvalue weighted by atomic mass is 16.5. The van der Waals surface area contributed by atoms with E-state index in [0.29, 0.717) is 12.5 Å². The number of hydrogen-bond acceptors (Lipinski definition) is 4. The van der Waals surface area contributed by atoms with Crippen LogP contribution in [0.4, 0.5) is 0 Å². The second kappa shape index (κ2) is 7.01. The van der Waals surface area contributed by atoms with Crippen LogP contribution in [0.15, 0.2) is 12.5 Å². The van der Waals surface area contributed by atoms with Crippen LogP contribution in [0, 0.1) is 5.41 Å². The van der Waals surface area contributed by atoms with E-state index in [0.717, 1.165) is 58.4 Å². The molecule has 1 aromatic rings. The quantitative estimate of drug-likeness (QED) is 0.820. The Morgan fingerprint density at radius 1 is 1.26 bits per heavy atom. The van der Waals surface area contributed by atoms with Crippen LogP contribution in [0.2, 0.25) is 0 Å². The first-order valence-corrected chi connectivity index (χ1v) is 8.60. The van der Waals surface area contributed by atoms with Crippen molar-refractivity contribution in [1.29, 1.82) is 0 Å². The second-order valence-corrected chi connectivity index (χ2v) is 6.94. The van der Waals surface area contributed by atoms with Crippen molar-refractivity contribution in [3.63, 3.8) is 0 Å². The summed E-state index contributed by atoms with van der Waals surface area (Å²) in [4.78, 5) is 21.5. The lowest BCUT2D eigenvalue weighted by atomic mass is 9.79. The van der Waals surface area contributed by atoms with Gasteiger partial charge in [0.05, 0.1) is 24.0 Å². The number of aryl methyl sites for hydroxylation is 1. The molecule has 2 aliphatic rings. The molecule has 0 bridgehead atoms. The highest BCUT2D eigenvalue weighted by Gasteiger charge is 2.46. The summed E-state index contributed by atoms with van der Waals surface area (Å²) in [6.07, 6.45) is 7.90. The van der Waals surface area contributed by atoms with Gasteiger partial charge in [0, 0.05) is 40.0 Å². The van der Waals surface area contributed by atoms with Gasteiger partial charge in [-0.25, -0.2) is 4.98 Å². The number of likely N-dealkylation sites (tertiary alicyclic amines) is 2.